The van der Waals surface area contributed by atoms with Crippen molar-refractivity contribution in [2.75, 3.05) is 13.2 Å². The highest BCUT2D eigenvalue weighted by Gasteiger charge is 2.29. The van der Waals surface area contributed by atoms with Crippen LogP contribution < -0.4 is 20.1 Å². The van der Waals surface area contributed by atoms with Gasteiger partial charge < -0.3 is 39.2 Å². The number of aromatic hydroxyl groups is 2. The Morgan fingerprint density at radius 2 is 0.743 bits per heavy atom. The Labute approximate surface area is 440 Å². The summed E-state index contributed by atoms with van der Waals surface area (Å²) in [4.78, 5) is 25.6. The number of nitrogens with one attached hydrogen (secondary N) is 2. The molecule has 0 unspecified atom stereocenters. The molecule has 7 rings (SSSR count). The number of amides is 2. The van der Waals surface area contributed by atoms with Crippen molar-refractivity contribution in [2.24, 2.45) is 0 Å². The maximum atomic E-state index is 12.8. The Morgan fingerprint density at radius 3 is 1.00 bits per heavy atom. The second kappa shape index (κ2) is 23.0. The lowest BCUT2D eigenvalue weighted by Gasteiger charge is -2.28. The number of hydrogen-bond acceptors (Lipinski definition) is 8. The first-order chi connectivity index (χ1) is 34.8. The van der Waals surface area contributed by atoms with Crippen LogP contribution in [0.4, 0.5) is 0 Å². The third kappa shape index (κ3) is 14.4. The third-order valence-corrected chi connectivity index (χ3v) is 14.2. The highest BCUT2D eigenvalue weighted by molar-refractivity contribution is 5.76. The van der Waals surface area contributed by atoms with E-state index in [1.54, 1.807) is 12.5 Å². The summed E-state index contributed by atoms with van der Waals surface area (Å²) in [6, 6.07) is 24.9. The number of hydrogen-bond donors (Lipinski definition) is 4. The molecule has 2 aromatic heterocycles. The number of phenols is 2. The van der Waals surface area contributed by atoms with Crippen LogP contribution in [-0.4, -0.2) is 35.2 Å². The van der Waals surface area contributed by atoms with Crippen molar-refractivity contribution in [2.45, 2.75) is 182 Å². The molecule has 1 aliphatic carbocycles. The van der Waals surface area contributed by atoms with Gasteiger partial charge in [-0.15, -0.1) is 0 Å². The second-order valence-corrected chi connectivity index (χ2v) is 24.6. The Kier molecular flexibility index (Phi) is 17.2. The van der Waals surface area contributed by atoms with E-state index in [1.165, 1.54) is 0 Å². The molecule has 6 aromatic rings. The van der Waals surface area contributed by atoms with Gasteiger partial charge in [0.05, 0.1) is 38.8 Å². The zero-order valence-electron chi connectivity index (χ0n) is 46.3. The van der Waals surface area contributed by atoms with E-state index in [0.717, 1.165) is 78.3 Å². The number of benzene rings is 4. The van der Waals surface area contributed by atoms with Crippen molar-refractivity contribution in [1.82, 2.24) is 10.6 Å². The van der Waals surface area contributed by atoms with Gasteiger partial charge in [-0.3, -0.25) is 9.59 Å². The molecule has 2 heterocycles. The van der Waals surface area contributed by atoms with Crippen molar-refractivity contribution in [3.8, 4) is 23.0 Å². The van der Waals surface area contributed by atoms with Gasteiger partial charge in [-0.05, 0) is 138 Å². The van der Waals surface area contributed by atoms with Crippen LogP contribution in [0, 0.1) is 0 Å². The van der Waals surface area contributed by atoms with E-state index < -0.39 is 0 Å². The molecule has 0 saturated heterocycles. The SMILES string of the molecule is CC(C)(C)c1cc2c(O)c(c1)Cc1cc(C(C)(C)C)cc(c1OCCCCC(=O)NCc1ccco1)Cc1cc(C(C)(C)C)cc(c1O)Cc1cc(C(C)(C)C)cc(c1OCCCCC(=O)NCc1ccco1)C2. The summed E-state index contributed by atoms with van der Waals surface area (Å²) in [6.45, 7) is 28.0. The van der Waals surface area contributed by atoms with Gasteiger partial charge in [0.1, 0.15) is 34.5 Å². The van der Waals surface area contributed by atoms with Crippen LogP contribution in [-0.2, 0) is 70.0 Å². The average molecular weight is 1010 g/mol. The number of phenolic OH excluding ortho intramolecular Hbond substituents is 2. The Hall–Kier alpha value is -6.42. The summed E-state index contributed by atoms with van der Waals surface area (Å²) < 4.78 is 24.7. The Morgan fingerprint density at radius 1 is 0.459 bits per heavy atom. The molecule has 4 N–H and O–H groups in total. The van der Waals surface area contributed by atoms with Gasteiger partial charge in [0.25, 0.3) is 0 Å². The van der Waals surface area contributed by atoms with Crippen molar-refractivity contribution in [1.29, 1.82) is 0 Å². The minimum Gasteiger partial charge on any atom is -0.507 e. The quantitative estimate of drug-likeness (QED) is 0.0701. The van der Waals surface area contributed by atoms with Gasteiger partial charge in [-0.25, -0.2) is 0 Å². The first-order valence-electron chi connectivity index (χ1n) is 26.7. The first-order valence-corrected chi connectivity index (χ1v) is 26.7. The molecule has 0 fully saturated rings. The summed E-state index contributed by atoms with van der Waals surface area (Å²) in [5.74, 6) is 3.29. The van der Waals surface area contributed by atoms with E-state index in [4.69, 9.17) is 18.3 Å². The van der Waals surface area contributed by atoms with E-state index in [-0.39, 0.29) is 45.0 Å². The predicted molar refractivity (Wildman–Crippen MR) is 295 cm³/mol. The van der Waals surface area contributed by atoms with E-state index in [0.29, 0.717) is 102 Å². The molecule has 74 heavy (non-hydrogen) atoms. The molecular weight excluding hydrogens is 925 g/mol. The zero-order chi connectivity index (χ0) is 53.6. The minimum absolute atomic E-state index is 0.0426. The maximum absolute atomic E-state index is 12.8. The summed E-state index contributed by atoms with van der Waals surface area (Å²) in [5.41, 5.74) is 10.5. The molecule has 4 aromatic carbocycles. The lowest BCUT2D eigenvalue weighted by molar-refractivity contribution is -0.122. The number of carbonyl (C=O) groups is 2. The molecule has 10 nitrogen and oxygen atoms in total. The number of rotatable bonds is 16. The Bertz CT molecular complexity index is 2590. The predicted octanol–water partition coefficient (Wildman–Crippen LogP) is 13.9. The van der Waals surface area contributed by atoms with Crippen LogP contribution in [0.25, 0.3) is 0 Å². The molecule has 0 saturated carbocycles. The highest BCUT2D eigenvalue weighted by Crippen LogP contribution is 2.44. The van der Waals surface area contributed by atoms with Gasteiger partial charge in [-0.1, -0.05) is 132 Å². The Balaban J connectivity index is 1.33. The molecule has 0 radical (unpaired) electrons. The van der Waals surface area contributed by atoms with E-state index in [1.807, 2.05) is 24.3 Å². The molecule has 8 bridgehead atoms. The van der Waals surface area contributed by atoms with Crippen LogP contribution in [0.2, 0.25) is 0 Å². The maximum Gasteiger partial charge on any atom is 0.220 e. The topological polar surface area (TPSA) is 143 Å². The van der Waals surface area contributed by atoms with Gasteiger partial charge in [0.15, 0.2) is 0 Å². The summed E-state index contributed by atoms with van der Waals surface area (Å²) in [7, 11) is 0. The zero-order valence-corrected chi connectivity index (χ0v) is 46.3. The molecular formula is C64H82N2O8. The first kappa shape index (κ1) is 55.3. The highest BCUT2D eigenvalue weighted by atomic mass is 16.5. The number of ether oxygens (including phenoxy) is 2. The van der Waals surface area contributed by atoms with E-state index in [9.17, 15) is 19.8 Å². The molecule has 396 valence electrons. The number of furan rings is 2. The molecule has 2 amide bonds. The minimum atomic E-state index is -0.243. The molecule has 0 aliphatic heterocycles. The van der Waals surface area contributed by atoms with Crippen molar-refractivity contribution in [3.05, 3.63) is 164 Å². The average Bonchev–Trinajstić information content (AvgIpc) is 4.05. The number of fused-ring (bicyclic) bond motifs is 8. The normalized spacial score (nSPS) is 13.1. The van der Waals surface area contributed by atoms with Crippen LogP contribution in [0.3, 0.4) is 0 Å². The van der Waals surface area contributed by atoms with Gasteiger partial charge in [0.2, 0.25) is 11.8 Å². The molecule has 1 aliphatic rings. The summed E-state index contributed by atoms with van der Waals surface area (Å²) in [5, 5.41) is 31.3. The third-order valence-electron chi connectivity index (χ3n) is 14.2. The van der Waals surface area contributed by atoms with Gasteiger partial charge in [0, 0.05) is 38.5 Å². The monoisotopic (exact) mass is 1010 g/mol. The smallest absolute Gasteiger partial charge is 0.220 e. The second-order valence-electron chi connectivity index (χ2n) is 24.6. The van der Waals surface area contributed by atoms with Crippen LogP contribution in [0.1, 0.15) is 200 Å². The lowest BCUT2D eigenvalue weighted by Crippen LogP contribution is -2.22. The van der Waals surface area contributed by atoms with E-state index >= 15 is 0 Å². The molecule has 10 heteroatoms. The summed E-state index contributed by atoms with van der Waals surface area (Å²) >= 11 is 0. The van der Waals surface area contributed by atoms with Crippen LogP contribution in [0.15, 0.2) is 94.2 Å². The molecule has 0 spiro atoms. The van der Waals surface area contributed by atoms with E-state index in [2.05, 4.69) is 142 Å². The van der Waals surface area contributed by atoms with Crippen molar-refractivity contribution >= 4 is 11.8 Å². The van der Waals surface area contributed by atoms with Crippen LogP contribution in [0.5, 0.6) is 23.0 Å². The number of carbonyl (C=O) groups excluding carboxylic acids is 2. The number of unbranched alkanes of at least 4 members (excludes halogenated alkanes) is 2. The van der Waals surface area contributed by atoms with Gasteiger partial charge in [-0.2, -0.15) is 0 Å². The lowest BCUT2D eigenvalue weighted by atomic mass is 9.79. The standard InChI is InChI=1S/C64H82N2O8/c1-61(2,3)49-31-41-27-45-35-51(63(7,8)9)37-47(59(45)73-23-15-13-21-55(67)65-39-53-19-17-25-71-53)29-43-33-50(62(4,5)6)34-44(58(43)70)30-48-38-52(64(10,11)12)36-46(28-42(32-49)57(41)69)60(48)74-24-16-14-22-56(68)66-40-54-20-18-26-72-54/h17-20,25-26,31-38,69-70H,13-16,21-24,27-30,39-40H2,1-12H3,(H,65,67)(H,66,68). The largest absolute Gasteiger partial charge is 0.507 e. The van der Waals surface area contributed by atoms with Gasteiger partial charge >= 0.3 is 0 Å². The fourth-order valence-corrected chi connectivity index (χ4v) is 9.51. The van der Waals surface area contributed by atoms with Crippen molar-refractivity contribution in [3.63, 3.8) is 0 Å². The fourth-order valence-electron chi connectivity index (χ4n) is 9.51. The fraction of sp³-hybridized carbons (Fsp3) is 0.469. The molecule has 0 atom stereocenters. The summed E-state index contributed by atoms with van der Waals surface area (Å²) in [6.07, 6.45) is 8.09. The van der Waals surface area contributed by atoms with Crippen molar-refractivity contribution < 1.29 is 38.1 Å². The van der Waals surface area contributed by atoms with Crippen LogP contribution >= 0.6 is 0 Å².